The fourth-order valence-electron chi connectivity index (χ4n) is 4.20. The van der Waals surface area contributed by atoms with Crippen LogP contribution in [0.5, 0.6) is 0 Å². The first-order chi connectivity index (χ1) is 14.4. The Morgan fingerprint density at radius 1 is 1.37 bits per heavy atom. The van der Waals surface area contributed by atoms with Crippen molar-refractivity contribution in [1.29, 1.82) is 5.26 Å². The van der Waals surface area contributed by atoms with Crippen LogP contribution in [0.3, 0.4) is 0 Å². The number of nitrogens with two attached hydrogens (primary N) is 1. The molecule has 1 aliphatic heterocycles. The second-order valence-corrected chi connectivity index (χ2v) is 9.95. The number of carbonyl (C=O) groups is 1. The average Bonchev–Trinajstić information content (AvgIpc) is 3.10. The summed E-state index contributed by atoms with van der Waals surface area (Å²) in [5, 5.41) is 10.7. The van der Waals surface area contributed by atoms with E-state index < -0.39 is 5.92 Å². The molecular formula is C23H21BrClN3OS. The smallest absolute Gasteiger partial charge is 0.161 e. The number of carbonyl (C=O) groups excluding carboxylic acids is 1. The maximum Gasteiger partial charge on any atom is 0.161 e. The molecule has 1 unspecified atom stereocenters. The van der Waals surface area contributed by atoms with Crippen LogP contribution in [-0.2, 0) is 11.2 Å². The SMILES string of the molecule is CCc1sc(C2C(C#N)=C(N)N(c3ccc(C)c(Cl)c3)C3=C2C(=O)CCC3)cc1Br. The van der Waals surface area contributed by atoms with E-state index in [0.29, 0.717) is 28.4 Å². The number of Topliss-reactive ketones (excluding diaryl/α,β-unsaturated/α-hetero) is 1. The number of halogens is 2. The number of ketones is 1. The molecule has 154 valence electrons. The zero-order valence-electron chi connectivity index (χ0n) is 16.8. The number of nitrogens with zero attached hydrogens (tertiary/aromatic N) is 2. The summed E-state index contributed by atoms with van der Waals surface area (Å²) in [5.74, 6) is 0.0438. The predicted molar refractivity (Wildman–Crippen MR) is 126 cm³/mol. The Kier molecular flexibility index (Phi) is 5.80. The Labute approximate surface area is 193 Å². The second-order valence-electron chi connectivity index (χ2n) is 7.52. The van der Waals surface area contributed by atoms with Gasteiger partial charge in [-0.2, -0.15) is 5.26 Å². The summed E-state index contributed by atoms with van der Waals surface area (Å²) in [6.07, 6.45) is 2.87. The molecule has 0 fully saturated rings. The van der Waals surface area contributed by atoms with Crippen molar-refractivity contribution in [2.45, 2.75) is 45.4 Å². The van der Waals surface area contributed by atoms with E-state index in [-0.39, 0.29) is 5.78 Å². The van der Waals surface area contributed by atoms with E-state index in [2.05, 4.69) is 28.9 Å². The van der Waals surface area contributed by atoms with E-state index in [1.54, 1.807) is 11.3 Å². The number of allylic oxidation sites excluding steroid dienone is 3. The molecule has 4 rings (SSSR count). The standard InChI is InChI=1S/C23H21BrClN3OS/c1-3-19-15(24)10-20(30-19)21-14(11-26)23(27)28(13-8-7-12(2)16(25)9-13)17-5-4-6-18(29)22(17)21/h7-10,21H,3-6,27H2,1-2H3. The minimum atomic E-state index is -0.420. The molecule has 0 spiro atoms. The summed E-state index contributed by atoms with van der Waals surface area (Å²) < 4.78 is 1.01. The van der Waals surface area contributed by atoms with Gasteiger partial charge in [0.25, 0.3) is 0 Å². The Bertz CT molecular complexity index is 1160. The largest absolute Gasteiger partial charge is 0.384 e. The molecule has 1 aromatic heterocycles. The number of hydrogen-bond donors (Lipinski definition) is 1. The van der Waals surface area contributed by atoms with Crippen molar-refractivity contribution < 1.29 is 4.79 Å². The molecule has 30 heavy (non-hydrogen) atoms. The molecule has 1 atom stereocenters. The highest BCUT2D eigenvalue weighted by molar-refractivity contribution is 9.10. The molecule has 4 nitrogen and oxygen atoms in total. The van der Waals surface area contributed by atoms with Crippen molar-refractivity contribution in [1.82, 2.24) is 0 Å². The molecule has 0 bridgehead atoms. The van der Waals surface area contributed by atoms with E-state index >= 15 is 0 Å². The predicted octanol–water partition coefficient (Wildman–Crippen LogP) is 6.34. The molecular weight excluding hydrogens is 482 g/mol. The van der Waals surface area contributed by atoms with Crippen LogP contribution in [0, 0.1) is 18.3 Å². The van der Waals surface area contributed by atoms with Crippen molar-refractivity contribution >= 4 is 50.3 Å². The molecule has 0 saturated heterocycles. The van der Waals surface area contributed by atoms with Crippen molar-refractivity contribution in [3.63, 3.8) is 0 Å². The Morgan fingerprint density at radius 2 is 2.13 bits per heavy atom. The summed E-state index contributed by atoms with van der Waals surface area (Å²) in [6.45, 7) is 4.03. The Morgan fingerprint density at radius 3 is 2.77 bits per heavy atom. The normalized spacial score (nSPS) is 19.2. The van der Waals surface area contributed by atoms with Gasteiger partial charge < -0.3 is 5.73 Å². The zero-order valence-corrected chi connectivity index (χ0v) is 19.9. The number of anilines is 1. The molecule has 1 aliphatic carbocycles. The van der Waals surface area contributed by atoms with Gasteiger partial charge in [0, 0.05) is 42.6 Å². The fraction of sp³-hybridized carbons (Fsp3) is 0.304. The number of rotatable bonds is 3. The highest BCUT2D eigenvalue weighted by Gasteiger charge is 2.41. The van der Waals surface area contributed by atoms with Crippen LogP contribution < -0.4 is 10.6 Å². The maximum absolute atomic E-state index is 13.1. The lowest BCUT2D eigenvalue weighted by atomic mass is 9.78. The summed E-state index contributed by atoms with van der Waals surface area (Å²) in [4.78, 5) is 17.2. The van der Waals surface area contributed by atoms with Gasteiger partial charge >= 0.3 is 0 Å². The van der Waals surface area contributed by atoms with Crippen LogP contribution in [0.4, 0.5) is 5.69 Å². The lowest BCUT2D eigenvalue weighted by Gasteiger charge is -2.39. The third-order valence-corrected chi connectivity index (χ3v) is 8.43. The monoisotopic (exact) mass is 501 g/mol. The molecule has 0 radical (unpaired) electrons. The van der Waals surface area contributed by atoms with Gasteiger partial charge in [-0.15, -0.1) is 11.3 Å². The molecule has 2 aliphatic rings. The molecule has 7 heteroatoms. The van der Waals surface area contributed by atoms with Gasteiger partial charge in [-0.05, 0) is 65.9 Å². The van der Waals surface area contributed by atoms with Gasteiger partial charge in [0.1, 0.15) is 5.82 Å². The third kappa shape index (κ3) is 3.39. The van der Waals surface area contributed by atoms with Crippen LogP contribution in [0.15, 0.2) is 51.4 Å². The van der Waals surface area contributed by atoms with Gasteiger partial charge in [-0.3, -0.25) is 9.69 Å². The summed E-state index contributed by atoms with van der Waals surface area (Å²) in [7, 11) is 0. The quantitative estimate of drug-likeness (QED) is 0.531. The first kappa shape index (κ1) is 21.2. The van der Waals surface area contributed by atoms with Crippen molar-refractivity contribution in [2.75, 3.05) is 4.90 Å². The van der Waals surface area contributed by atoms with Crippen molar-refractivity contribution in [3.8, 4) is 6.07 Å². The van der Waals surface area contributed by atoms with Crippen molar-refractivity contribution in [3.05, 3.63) is 71.7 Å². The number of benzene rings is 1. The first-order valence-corrected chi connectivity index (χ1v) is 11.9. The minimum Gasteiger partial charge on any atom is -0.384 e. The minimum absolute atomic E-state index is 0.0901. The molecule has 1 aromatic carbocycles. The molecule has 2 heterocycles. The highest BCUT2D eigenvalue weighted by Crippen LogP contribution is 2.49. The van der Waals surface area contributed by atoms with Gasteiger partial charge in [0.2, 0.25) is 0 Å². The average molecular weight is 503 g/mol. The van der Waals surface area contributed by atoms with Crippen LogP contribution in [0.1, 0.15) is 47.4 Å². The van der Waals surface area contributed by atoms with E-state index in [1.165, 1.54) is 4.88 Å². The zero-order chi connectivity index (χ0) is 21.6. The summed E-state index contributed by atoms with van der Waals surface area (Å²) >= 11 is 11.6. The van der Waals surface area contributed by atoms with Crippen LogP contribution in [0.2, 0.25) is 5.02 Å². The van der Waals surface area contributed by atoms with Gasteiger partial charge in [0.15, 0.2) is 5.78 Å². The Hall–Kier alpha value is -2.07. The lowest BCUT2D eigenvalue weighted by Crippen LogP contribution is -2.38. The van der Waals surface area contributed by atoms with Crippen molar-refractivity contribution in [2.24, 2.45) is 5.73 Å². The second kappa shape index (κ2) is 8.22. The van der Waals surface area contributed by atoms with E-state index in [1.807, 2.05) is 36.1 Å². The van der Waals surface area contributed by atoms with Gasteiger partial charge in [-0.1, -0.05) is 24.6 Å². The highest BCUT2D eigenvalue weighted by atomic mass is 79.9. The van der Waals surface area contributed by atoms with Gasteiger partial charge in [0.05, 0.1) is 17.6 Å². The topological polar surface area (TPSA) is 70.1 Å². The van der Waals surface area contributed by atoms with Crippen LogP contribution >= 0.6 is 38.9 Å². The first-order valence-electron chi connectivity index (χ1n) is 9.87. The molecule has 2 N–H and O–H groups in total. The fourth-order valence-corrected chi connectivity index (χ4v) is 6.41. The molecule has 0 saturated carbocycles. The maximum atomic E-state index is 13.1. The van der Waals surface area contributed by atoms with Crippen LogP contribution in [-0.4, -0.2) is 5.78 Å². The Balaban J connectivity index is 1.96. The van der Waals surface area contributed by atoms with E-state index in [9.17, 15) is 10.1 Å². The number of nitriles is 1. The molecule has 2 aromatic rings. The molecule has 0 amide bonds. The number of thiophene rings is 1. The van der Waals surface area contributed by atoms with E-state index in [0.717, 1.165) is 45.6 Å². The van der Waals surface area contributed by atoms with Gasteiger partial charge in [-0.25, -0.2) is 0 Å². The number of aryl methyl sites for hydroxylation is 2. The summed E-state index contributed by atoms with van der Waals surface area (Å²) in [6, 6.07) is 10.1. The van der Waals surface area contributed by atoms with Crippen LogP contribution in [0.25, 0.3) is 0 Å². The van der Waals surface area contributed by atoms with E-state index in [4.69, 9.17) is 17.3 Å². The number of hydrogen-bond acceptors (Lipinski definition) is 5. The summed E-state index contributed by atoms with van der Waals surface area (Å²) in [5.41, 5.74) is 10.3. The third-order valence-electron chi connectivity index (χ3n) is 5.71. The lowest BCUT2D eigenvalue weighted by molar-refractivity contribution is -0.116.